The Hall–Kier alpha value is -1.87. The Labute approximate surface area is 199 Å². The Morgan fingerprint density at radius 3 is 2.84 bits per heavy atom. The fraction of sp³-hybridized carbons (Fsp3) is 0.304. The minimum absolute atomic E-state index is 0.0668. The lowest BCUT2D eigenvalue weighted by Gasteiger charge is -2.18. The van der Waals surface area contributed by atoms with Crippen LogP contribution in [0.25, 0.3) is 6.08 Å². The lowest BCUT2D eigenvalue weighted by Crippen LogP contribution is -2.35. The molecule has 31 heavy (non-hydrogen) atoms. The number of thiocarbonyl (C=S) groups is 1. The molecule has 2 aliphatic rings. The molecule has 2 saturated heterocycles. The maximum Gasteiger partial charge on any atom is 0.266 e. The van der Waals surface area contributed by atoms with Crippen LogP contribution in [0.15, 0.2) is 51.8 Å². The third-order valence-electron chi connectivity index (χ3n) is 5.06. The summed E-state index contributed by atoms with van der Waals surface area (Å²) in [7, 11) is 1.60. The SMILES string of the molecule is COc1cc(/C=C2\SC(=S)N(C[C@@H]3CCCO3)C2=O)cc(Br)c1OCc1ccccc1. The van der Waals surface area contributed by atoms with E-state index in [1.54, 1.807) is 12.0 Å². The predicted molar refractivity (Wildman–Crippen MR) is 130 cm³/mol. The second kappa shape index (κ2) is 10.2. The zero-order valence-corrected chi connectivity index (χ0v) is 20.2. The number of benzene rings is 2. The summed E-state index contributed by atoms with van der Waals surface area (Å²) in [6, 6.07) is 13.7. The van der Waals surface area contributed by atoms with Crippen LogP contribution in [0.4, 0.5) is 0 Å². The van der Waals surface area contributed by atoms with Crippen molar-refractivity contribution in [2.75, 3.05) is 20.3 Å². The lowest BCUT2D eigenvalue weighted by molar-refractivity contribution is -0.123. The topological polar surface area (TPSA) is 48.0 Å². The summed E-state index contributed by atoms with van der Waals surface area (Å²) in [5.74, 6) is 1.13. The molecule has 2 aliphatic heterocycles. The summed E-state index contributed by atoms with van der Waals surface area (Å²) in [4.78, 5) is 15.1. The smallest absolute Gasteiger partial charge is 0.266 e. The van der Waals surface area contributed by atoms with Gasteiger partial charge in [-0.25, -0.2) is 0 Å². The average molecular weight is 520 g/mol. The average Bonchev–Trinajstić information content (AvgIpc) is 3.37. The third-order valence-corrected chi connectivity index (χ3v) is 7.03. The van der Waals surface area contributed by atoms with Gasteiger partial charge in [0.25, 0.3) is 5.91 Å². The zero-order valence-electron chi connectivity index (χ0n) is 17.0. The summed E-state index contributed by atoms with van der Waals surface area (Å²) in [5.41, 5.74) is 1.89. The van der Waals surface area contributed by atoms with Crippen LogP contribution in [-0.4, -0.2) is 41.5 Å². The Kier molecular flexibility index (Phi) is 7.32. The van der Waals surface area contributed by atoms with Crippen molar-refractivity contribution in [1.29, 1.82) is 0 Å². The summed E-state index contributed by atoms with van der Waals surface area (Å²) >= 11 is 10.3. The maximum atomic E-state index is 12.9. The van der Waals surface area contributed by atoms with Gasteiger partial charge in [-0.1, -0.05) is 54.3 Å². The molecule has 0 N–H and O–H groups in total. The first-order chi connectivity index (χ1) is 15.0. The van der Waals surface area contributed by atoms with Crippen molar-refractivity contribution in [3.8, 4) is 11.5 Å². The van der Waals surface area contributed by atoms with E-state index in [0.717, 1.165) is 35.0 Å². The van der Waals surface area contributed by atoms with Crippen LogP contribution in [0, 0.1) is 0 Å². The Morgan fingerprint density at radius 2 is 2.13 bits per heavy atom. The first kappa shape index (κ1) is 22.3. The number of halogens is 1. The summed E-state index contributed by atoms with van der Waals surface area (Å²) < 4.78 is 18.5. The van der Waals surface area contributed by atoms with Crippen LogP contribution in [0.2, 0.25) is 0 Å². The van der Waals surface area contributed by atoms with Gasteiger partial charge in [0, 0.05) is 6.61 Å². The van der Waals surface area contributed by atoms with Crippen LogP contribution in [0.5, 0.6) is 11.5 Å². The van der Waals surface area contributed by atoms with Gasteiger partial charge in [0.05, 0.1) is 29.1 Å². The van der Waals surface area contributed by atoms with Crippen LogP contribution in [-0.2, 0) is 16.1 Å². The second-order valence-electron chi connectivity index (χ2n) is 7.24. The minimum Gasteiger partial charge on any atom is -0.493 e. The first-order valence-corrected chi connectivity index (χ1v) is 12.0. The van der Waals surface area contributed by atoms with E-state index >= 15 is 0 Å². The van der Waals surface area contributed by atoms with Crippen LogP contribution >= 0.6 is 39.9 Å². The van der Waals surface area contributed by atoms with Crippen molar-refractivity contribution in [1.82, 2.24) is 4.90 Å². The molecule has 8 heteroatoms. The van der Waals surface area contributed by atoms with Crippen molar-refractivity contribution in [3.05, 3.63) is 63.0 Å². The Morgan fingerprint density at radius 1 is 1.32 bits per heavy atom. The van der Waals surface area contributed by atoms with E-state index in [1.807, 2.05) is 48.5 Å². The number of thioether (sulfide) groups is 1. The number of amides is 1. The van der Waals surface area contributed by atoms with Gasteiger partial charge in [-0.15, -0.1) is 0 Å². The molecule has 2 heterocycles. The maximum absolute atomic E-state index is 12.9. The van der Waals surface area contributed by atoms with Gasteiger partial charge >= 0.3 is 0 Å². The van der Waals surface area contributed by atoms with E-state index < -0.39 is 0 Å². The molecule has 0 unspecified atom stereocenters. The van der Waals surface area contributed by atoms with Crippen LogP contribution in [0.3, 0.4) is 0 Å². The van der Waals surface area contributed by atoms with Gasteiger partial charge in [-0.2, -0.15) is 0 Å². The molecule has 4 rings (SSSR count). The van der Waals surface area contributed by atoms with Crippen LogP contribution in [0.1, 0.15) is 24.0 Å². The molecule has 0 saturated carbocycles. The van der Waals surface area contributed by atoms with Crippen molar-refractivity contribution in [2.45, 2.75) is 25.6 Å². The number of hydrogen-bond acceptors (Lipinski definition) is 6. The molecule has 162 valence electrons. The Bertz CT molecular complexity index is 1010. The fourth-order valence-corrected chi connectivity index (χ4v) is 5.34. The molecule has 0 aliphatic carbocycles. The molecule has 0 aromatic heterocycles. The molecule has 2 aromatic rings. The summed E-state index contributed by atoms with van der Waals surface area (Å²) in [5, 5.41) is 0. The van der Waals surface area contributed by atoms with Gasteiger partial charge < -0.3 is 14.2 Å². The summed E-state index contributed by atoms with van der Waals surface area (Å²) in [6.45, 7) is 1.69. The predicted octanol–water partition coefficient (Wildman–Crippen LogP) is 5.42. The number of ether oxygens (including phenoxy) is 3. The summed E-state index contributed by atoms with van der Waals surface area (Å²) in [6.07, 6.45) is 3.90. The van der Waals surface area contributed by atoms with Crippen molar-refractivity contribution in [3.63, 3.8) is 0 Å². The normalized spacial score (nSPS) is 20.0. The highest BCUT2D eigenvalue weighted by atomic mass is 79.9. The molecule has 0 spiro atoms. The monoisotopic (exact) mass is 519 g/mol. The van der Waals surface area contributed by atoms with Gasteiger partial charge in [-0.05, 0) is 58.1 Å². The Balaban J connectivity index is 1.51. The lowest BCUT2D eigenvalue weighted by atomic mass is 10.1. The van der Waals surface area contributed by atoms with E-state index in [4.69, 9.17) is 26.4 Å². The quantitative estimate of drug-likeness (QED) is 0.359. The van der Waals surface area contributed by atoms with Crippen molar-refractivity contribution in [2.24, 2.45) is 0 Å². The van der Waals surface area contributed by atoms with E-state index in [0.29, 0.717) is 33.9 Å². The third kappa shape index (κ3) is 5.31. The zero-order chi connectivity index (χ0) is 21.8. The van der Waals surface area contributed by atoms with E-state index in [9.17, 15) is 4.79 Å². The molecule has 0 radical (unpaired) electrons. The standard InChI is InChI=1S/C23H22BrNO4S2/c1-27-19-11-16(10-18(24)21(19)29-14-15-6-3-2-4-7-15)12-20-22(26)25(23(30)31-20)13-17-8-5-9-28-17/h2-4,6-7,10-12,17H,5,8-9,13-14H2,1H3/b20-12-/t17-/m0/s1. The number of carbonyl (C=O) groups is 1. The highest BCUT2D eigenvalue weighted by molar-refractivity contribution is 9.10. The number of hydrogen-bond donors (Lipinski definition) is 0. The van der Waals surface area contributed by atoms with Gasteiger partial charge in [0.2, 0.25) is 0 Å². The molecule has 0 bridgehead atoms. The highest BCUT2D eigenvalue weighted by Crippen LogP contribution is 2.39. The molecule has 2 aromatic carbocycles. The molecule has 2 fully saturated rings. The van der Waals surface area contributed by atoms with Crippen molar-refractivity contribution < 1.29 is 19.0 Å². The highest BCUT2D eigenvalue weighted by Gasteiger charge is 2.34. The number of carbonyl (C=O) groups excluding carboxylic acids is 1. The number of methoxy groups -OCH3 is 1. The largest absolute Gasteiger partial charge is 0.493 e. The molecular weight excluding hydrogens is 498 g/mol. The molecule has 1 amide bonds. The van der Waals surface area contributed by atoms with Gasteiger partial charge in [-0.3, -0.25) is 9.69 Å². The van der Waals surface area contributed by atoms with E-state index in [-0.39, 0.29) is 12.0 Å². The minimum atomic E-state index is -0.0787. The number of rotatable bonds is 7. The molecular formula is C23H22BrNO4S2. The van der Waals surface area contributed by atoms with Gasteiger partial charge in [0.1, 0.15) is 10.9 Å². The second-order valence-corrected chi connectivity index (χ2v) is 9.77. The fourth-order valence-electron chi connectivity index (χ4n) is 3.49. The van der Waals surface area contributed by atoms with E-state index in [1.165, 1.54) is 11.8 Å². The van der Waals surface area contributed by atoms with Crippen molar-refractivity contribution >= 4 is 56.2 Å². The van der Waals surface area contributed by atoms with E-state index in [2.05, 4.69) is 15.9 Å². The van der Waals surface area contributed by atoms with Crippen LogP contribution < -0.4 is 9.47 Å². The first-order valence-electron chi connectivity index (χ1n) is 9.96. The van der Waals surface area contributed by atoms with Gasteiger partial charge in [0.15, 0.2) is 11.5 Å². The molecule has 1 atom stereocenters. The number of nitrogens with zero attached hydrogens (tertiary/aromatic N) is 1. The molecule has 5 nitrogen and oxygen atoms in total.